The maximum absolute atomic E-state index is 12.9. The SMILES string of the molecule is CNc1nc(C2=CCNC=C2)c(-c2ccc(Cl)cc2)c(=O)n1C. The molecule has 1 aliphatic rings. The van der Waals surface area contributed by atoms with Crippen molar-refractivity contribution in [1.82, 2.24) is 14.9 Å². The molecule has 0 bridgehead atoms. The van der Waals surface area contributed by atoms with Crippen molar-refractivity contribution in [3.05, 3.63) is 63.7 Å². The first-order chi connectivity index (χ1) is 11.1. The highest BCUT2D eigenvalue weighted by Gasteiger charge is 2.18. The number of nitrogens with one attached hydrogen (secondary N) is 2. The maximum Gasteiger partial charge on any atom is 0.263 e. The number of hydrogen-bond acceptors (Lipinski definition) is 4. The summed E-state index contributed by atoms with van der Waals surface area (Å²) in [6.07, 6.45) is 5.80. The van der Waals surface area contributed by atoms with Crippen LogP contribution in [0, 0.1) is 0 Å². The molecule has 0 atom stereocenters. The minimum atomic E-state index is -0.102. The van der Waals surface area contributed by atoms with Gasteiger partial charge in [-0.15, -0.1) is 0 Å². The Morgan fingerprint density at radius 2 is 2.04 bits per heavy atom. The number of aromatic nitrogens is 2. The van der Waals surface area contributed by atoms with Crippen molar-refractivity contribution < 1.29 is 0 Å². The number of dihydropyridines is 1. The van der Waals surface area contributed by atoms with Crippen molar-refractivity contribution in [1.29, 1.82) is 0 Å². The lowest BCUT2D eigenvalue weighted by molar-refractivity contribution is 0.833. The van der Waals surface area contributed by atoms with Gasteiger partial charge in [0.05, 0.1) is 11.3 Å². The third kappa shape index (κ3) is 2.87. The second-order valence-electron chi connectivity index (χ2n) is 5.18. The standard InChI is InChI=1S/C17H17ClN4O/c1-19-17-21-15(12-7-9-20-10-8-12)14(16(23)22(17)2)11-3-5-13(18)6-4-11/h3-9,20H,10H2,1-2H3,(H,19,21). The minimum Gasteiger partial charge on any atom is -0.387 e. The molecule has 2 N–H and O–H groups in total. The average molecular weight is 329 g/mol. The molecule has 23 heavy (non-hydrogen) atoms. The monoisotopic (exact) mass is 328 g/mol. The van der Waals surface area contributed by atoms with Gasteiger partial charge in [0.25, 0.3) is 5.56 Å². The van der Waals surface area contributed by atoms with Crippen molar-refractivity contribution >= 4 is 23.1 Å². The molecular weight excluding hydrogens is 312 g/mol. The fraction of sp³-hybridized carbons (Fsp3) is 0.176. The number of halogens is 1. The van der Waals surface area contributed by atoms with Crippen LogP contribution in [-0.4, -0.2) is 23.1 Å². The molecule has 0 saturated heterocycles. The molecule has 0 saturated carbocycles. The minimum absolute atomic E-state index is 0.102. The molecular formula is C17H17ClN4O. The first-order valence-corrected chi connectivity index (χ1v) is 7.65. The van der Waals surface area contributed by atoms with E-state index in [0.29, 0.717) is 28.8 Å². The van der Waals surface area contributed by atoms with Gasteiger partial charge < -0.3 is 10.6 Å². The Hall–Kier alpha value is -2.53. The number of allylic oxidation sites excluding steroid dienone is 2. The lowest BCUT2D eigenvalue weighted by Gasteiger charge is -2.16. The number of nitrogens with zero attached hydrogens (tertiary/aromatic N) is 2. The van der Waals surface area contributed by atoms with E-state index in [2.05, 4.69) is 15.6 Å². The summed E-state index contributed by atoms with van der Waals surface area (Å²) in [6, 6.07) is 7.24. The summed E-state index contributed by atoms with van der Waals surface area (Å²) in [5, 5.41) is 6.70. The normalized spacial score (nSPS) is 13.4. The van der Waals surface area contributed by atoms with Gasteiger partial charge in [0, 0.05) is 31.2 Å². The van der Waals surface area contributed by atoms with Crippen molar-refractivity contribution in [2.24, 2.45) is 7.05 Å². The summed E-state index contributed by atoms with van der Waals surface area (Å²) in [7, 11) is 3.46. The first-order valence-electron chi connectivity index (χ1n) is 7.27. The quantitative estimate of drug-likeness (QED) is 0.909. The number of anilines is 1. The number of benzene rings is 1. The molecule has 1 aliphatic heterocycles. The smallest absolute Gasteiger partial charge is 0.263 e. The molecule has 0 amide bonds. The summed E-state index contributed by atoms with van der Waals surface area (Å²) < 4.78 is 1.51. The molecule has 118 valence electrons. The molecule has 5 nitrogen and oxygen atoms in total. The highest BCUT2D eigenvalue weighted by Crippen LogP contribution is 2.28. The lowest BCUT2D eigenvalue weighted by Crippen LogP contribution is -2.25. The van der Waals surface area contributed by atoms with Crippen LogP contribution in [-0.2, 0) is 7.05 Å². The second-order valence-corrected chi connectivity index (χ2v) is 5.62. The van der Waals surface area contributed by atoms with Crippen LogP contribution in [0.3, 0.4) is 0 Å². The van der Waals surface area contributed by atoms with E-state index in [1.165, 1.54) is 4.57 Å². The molecule has 0 fully saturated rings. The van der Waals surface area contributed by atoms with Crippen LogP contribution in [0.25, 0.3) is 16.7 Å². The molecule has 2 heterocycles. The Kier molecular flexibility index (Phi) is 4.21. The summed E-state index contributed by atoms with van der Waals surface area (Å²) in [4.78, 5) is 17.5. The molecule has 0 radical (unpaired) electrons. The van der Waals surface area contributed by atoms with E-state index in [9.17, 15) is 4.79 Å². The summed E-state index contributed by atoms with van der Waals surface area (Å²) in [5.74, 6) is 0.524. The Bertz CT molecular complexity index is 850. The van der Waals surface area contributed by atoms with Gasteiger partial charge in [-0.3, -0.25) is 9.36 Å². The predicted octanol–water partition coefficient (Wildman–Crippen LogP) is 2.64. The summed E-state index contributed by atoms with van der Waals surface area (Å²) >= 11 is 5.97. The van der Waals surface area contributed by atoms with Crippen LogP contribution in [0.4, 0.5) is 5.95 Å². The van der Waals surface area contributed by atoms with E-state index in [4.69, 9.17) is 11.6 Å². The third-order valence-corrected chi connectivity index (χ3v) is 3.99. The van der Waals surface area contributed by atoms with Crippen molar-refractivity contribution in [3.8, 4) is 11.1 Å². The van der Waals surface area contributed by atoms with Gasteiger partial charge in [0.2, 0.25) is 5.95 Å². The first kappa shape index (κ1) is 15.4. The van der Waals surface area contributed by atoms with Crippen molar-refractivity contribution in [2.45, 2.75) is 0 Å². The van der Waals surface area contributed by atoms with Crippen LogP contribution in [0.2, 0.25) is 5.02 Å². The molecule has 1 aromatic heterocycles. The predicted molar refractivity (Wildman–Crippen MR) is 94.6 cm³/mol. The topological polar surface area (TPSA) is 59.0 Å². The zero-order valence-corrected chi connectivity index (χ0v) is 13.7. The van der Waals surface area contributed by atoms with Crippen molar-refractivity contribution in [3.63, 3.8) is 0 Å². The van der Waals surface area contributed by atoms with Gasteiger partial charge >= 0.3 is 0 Å². The molecule has 1 aromatic carbocycles. The molecule has 2 aromatic rings. The highest BCUT2D eigenvalue weighted by atomic mass is 35.5. The molecule has 3 rings (SSSR count). The Balaban J connectivity index is 2.30. The zero-order chi connectivity index (χ0) is 16.4. The van der Waals surface area contributed by atoms with Gasteiger partial charge in [0.1, 0.15) is 0 Å². The Morgan fingerprint density at radius 3 is 2.65 bits per heavy atom. The average Bonchev–Trinajstić information content (AvgIpc) is 2.59. The largest absolute Gasteiger partial charge is 0.387 e. The van der Waals surface area contributed by atoms with Gasteiger partial charge in [-0.05, 0) is 30.0 Å². The van der Waals surface area contributed by atoms with Crippen molar-refractivity contribution in [2.75, 3.05) is 18.9 Å². The molecule has 0 unspecified atom stereocenters. The van der Waals surface area contributed by atoms with Crippen LogP contribution < -0.4 is 16.2 Å². The van der Waals surface area contributed by atoms with E-state index < -0.39 is 0 Å². The maximum atomic E-state index is 12.9. The fourth-order valence-electron chi connectivity index (χ4n) is 2.54. The van der Waals surface area contributed by atoms with Gasteiger partial charge in [-0.25, -0.2) is 4.98 Å². The zero-order valence-electron chi connectivity index (χ0n) is 12.9. The fourth-order valence-corrected chi connectivity index (χ4v) is 2.67. The van der Waals surface area contributed by atoms with E-state index in [1.807, 2.05) is 30.5 Å². The molecule has 0 spiro atoms. The van der Waals surface area contributed by atoms with Gasteiger partial charge in [-0.1, -0.05) is 29.8 Å². The van der Waals surface area contributed by atoms with E-state index in [0.717, 1.165) is 11.1 Å². The Morgan fingerprint density at radius 1 is 1.30 bits per heavy atom. The molecule has 6 heteroatoms. The summed E-state index contributed by atoms with van der Waals surface area (Å²) in [5.41, 5.74) is 2.85. The van der Waals surface area contributed by atoms with Crippen LogP contribution in [0.5, 0.6) is 0 Å². The van der Waals surface area contributed by atoms with Crippen LogP contribution >= 0.6 is 11.6 Å². The van der Waals surface area contributed by atoms with Crippen LogP contribution in [0.1, 0.15) is 5.69 Å². The van der Waals surface area contributed by atoms with E-state index in [-0.39, 0.29) is 5.56 Å². The Labute approximate surface area is 139 Å². The summed E-state index contributed by atoms with van der Waals surface area (Å²) in [6.45, 7) is 0.706. The molecule has 0 aliphatic carbocycles. The van der Waals surface area contributed by atoms with Gasteiger partial charge in [-0.2, -0.15) is 0 Å². The van der Waals surface area contributed by atoms with Gasteiger partial charge in [0.15, 0.2) is 0 Å². The van der Waals surface area contributed by atoms with E-state index in [1.54, 1.807) is 26.2 Å². The van der Waals surface area contributed by atoms with E-state index >= 15 is 0 Å². The lowest BCUT2D eigenvalue weighted by atomic mass is 9.99. The third-order valence-electron chi connectivity index (χ3n) is 3.74. The highest BCUT2D eigenvalue weighted by molar-refractivity contribution is 6.30. The second kappa shape index (κ2) is 6.30. The number of rotatable bonds is 3. The van der Waals surface area contributed by atoms with Crippen LogP contribution in [0.15, 0.2) is 47.4 Å². The number of hydrogen-bond donors (Lipinski definition) is 2.